The zero-order valence-electron chi connectivity index (χ0n) is 12.1. The smallest absolute Gasteiger partial charge is 0.333 e. The summed E-state index contributed by atoms with van der Waals surface area (Å²) in [6.45, 7) is 0.179. The Morgan fingerprint density at radius 2 is 1.87 bits per heavy atom. The van der Waals surface area contributed by atoms with E-state index >= 15 is 0 Å². The van der Waals surface area contributed by atoms with Crippen molar-refractivity contribution in [1.29, 1.82) is 0 Å². The monoisotopic (exact) mass is 364 g/mol. The molecule has 11 heteroatoms. The summed E-state index contributed by atoms with van der Waals surface area (Å²) in [7, 11) is -7.65. The van der Waals surface area contributed by atoms with E-state index in [-0.39, 0.29) is 22.8 Å². The molecule has 2 amide bonds. The van der Waals surface area contributed by atoms with Crippen LogP contribution in [-0.4, -0.2) is 47.2 Å². The average molecular weight is 364 g/mol. The minimum absolute atomic E-state index is 0.179. The molecule has 1 aliphatic rings. The second-order valence-corrected chi connectivity index (χ2v) is 8.56. The predicted octanol–water partition coefficient (Wildman–Crippen LogP) is 1.38. The first kappa shape index (κ1) is 17.7. The maximum Gasteiger partial charge on any atom is 0.436 e. The van der Waals surface area contributed by atoms with Gasteiger partial charge in [-0.2, -0.15) is 0 Å². The van der Waals surface area contributed by atoms with Gasteiger partial charge in [0.05, 0.1) is 9.79 Å². The molecule has 0 aromatic heterocycles. The van der Waals surface area contributed by atoms with Gasteiger partial charge < -0.3 is 4.84 Å². The van der Waals surface area contributed by atoms with Crippen molar-refractivity contribution in [1.82, 2.24) is 9.79 Å². The van der Waals surface area contributed by atoms with Crippen molar-refractivity contribution in [3.8, 4) is 0 Å². The van der Waals surface area contributed by atoms with E-state index in [0.717, 1.165) is 11.2 Å². The van der Waals surface area contributed by atoms with Crippen molar-refractivity contribution >= 4 is 32.6 Å². The summed E-state index contributed by atoms with van der Waals surface area (Å²) in [6.07, 6.45) is 0.545. The van der Waals surface area contributed by atoms with E-state index in [9.17, 15) is 27.1 Å². The van der Waals surface area contributed by atoms with Crippen molar-refractivity contribution in [2.24, 2.45) is 0 Å². The Labute approximate surface area is 134 Å². The van der Waals surface area contributed by atoms with Crippen molar-refractivity contribution in [2.75, 3.05) is 12.8 Å². The first-order chi connectivity index (χ1) is 10.6. The number of rotatable bonds is 4. The molecule has 23 heavy (non-hydrogen) atoms. The summed E-state index contributed by atoms with van der Waals surface area (Å²) in [5.74, 6) is -0.426. The number of nitrogens with zero attached hydrogens (tertiary/aromatic N) is 1. The minimum Gasteiger partial charge on any atom is -0.333 e. The lowest BCUT2D eigenvalue weighted by Gasteiger charge is -2.32. The van der Waals surface area contributed by atoms with Gasteiger partial charge in [-0.05, 0) is 23.4 Å². The van der Waals surface area contributed by atoms with E-state index in [1.807, 2.05) is 0 Å². The van der Waals surface area contributed by atoms with Gasteiger partial charge in [0.25, 0.3) is 0 Å². The van der Waals surface area contributed by atoms with E-state index in [0.29, 0.717) is 6.42 Å². The molecule has 9 nitrogen and oxygen atoms in total. The van der Waals surface area contributed by atoms with Crippen LogP contribution in [0.1, 0.15) is 12.8 Å². The maximum absolute atomic E-state index is 11.7. The van der Waals surface area contributed by atoms with Crippen LogP contribution in [0.2, 0.25) is 0 Å². The summed E-state index contributed by atoms with van der Waals surface area (Å²) >= 11 is 0. The molecule has 1 aromatic carbocycles. The van der Waals surface area contributed by atoms with Crippen molar-refractivity contribution < 1.29 is 31.9 Å². The number of hydrogen-bond donors (Lipinski definition) is 3. The summed E-state index contributed by atoms with van der Waals surface area (Å²) in [4.78, 5) is 29.6. The number of hydrogen-bond acceptors (Lipinski definition) is 8. The number of carbonyl (C=O) groups excluding carboxylic acids is 2. The number of amides is 2. The first-order valence-corrected chi connectivity index (χ1v) is 9.92. The molecule has 0 radical (unpaired) electrons. The zero-order chi connectivity index (χ0) is 17.3. The van der Waals surface area contributed by atoms with E-state index in [4.69, 9.17) is 0 Å². The number of carbonyl (C=O) groups is 2. The SMILES string of the molecule is CS(=O)(=O)c1ccccc1S(O)(O)NOC(=O)N1CCCC1=O. The van der Waals surface area contributed by atoms with Crippen LogP contribution < -0.4 is 4.89 Å². The fraction of sp³-hybridized carbons (Fsp3) is 0.333. The molecule has 128 valence electrons. The van der Waals surface area contributed by atoms with Gasteiger partial charge in [0.1, 0.15) is 0 Å². The van der Waals surface area contributed by atoms with E-state index in [1.165, 1.54) is 24.3 Å². The molecule has 3 N–H and O–H groups in total. The molecule has 0 saturated carbocycles. The van der Waals surface area contributed by atoms with Crippen molar-refractivity contribution in [2.45, 2.75) is 22.6 Å². The molecule has 0 spiro atoms. The van der Waals surface area contributed by atoms with Crippen LogP contribution in [-0.2, 0) is 19.5 Å². The standard InChI is InChI=1S/C12H16N2O7S2/c1-22(17,18)9-5-2-3-6-10(9)23(19,20)13-21-12(16)14-8-4-7-11(14)15/h2-3,5-6,13,19-20H,4,7-8H2,1H3. The Morgan fingerprint density at radius 3 is 2.39 bits per heavy atom. The fourth-order valence-corrected chi connectivity index (χ4v) is 4.48. The van der Waals surface area contributed by atoms with Crippen LogP contribution in [0.4, 0.5) is 4.79 Å². The van der Waals surface area contributed by atoms with E-state index in [2.05, 4.69) is 4.84 Å². The Kier molecular flexibility index (Phi) is 4.96. The molecule has 1 aliphatic heterocycles. The highest BCUT2D eigenvalue weighted by atomic mass is 32.3. The second-order valence-electron chi connectivity index (χ2n) is 4.87. The van der Waals surface area contributed by atoms with Crippen molar-refractivity contribution in [3.05, 3.63) is 24.3 Å². The van der Waals surface area contributed by atoms with Crippen LogP contribution in [0.3, 0.4) is 0 Å². The number of imide groups is 1. The largest absolute Gasteiger partial charge is 0.436 e. The van der Waals surface area contributed by atoms with Crippen molar-refractivity contribution in [3.63, 3.8) is 0 Å². The normalized spacial score (nSPS) is 16.5. The third kappa shape index (κ3) is 4.00. The highest BCUT2D eigenvalue weighted by molar-refractivity contribution is 8.22. The molecule has 0 aliphatic carbocycles. The molecular formula is C12H16N2O7S2. The minimum atomic E-state index is -3.93. The molecule has 0 unspecified atom stereocenters. The van der Waals surface area contributed by atoms with E-state index in [1.54, 1.807) is 4.89 Å². The Bertz CT molecular complexity index is 733. The van der Waals surface area contributed by atoms with Gasteiger partial charge in [0.2, 0.25) is 5.91 Å². The zero-order valence-corrected chi connectivity index (χ0v) is 13.8. The Balaban J connectivity index is 2.16. The summed E-state index contributed by atoms with van der Waals surface area (Å²) in [5, 5.41) is 0. The molecule has 2 rings (SSSR count). The topological polar surface area (TPSA) is 133 Å². The maximum atomic E-state index is 11.7. The highest BCUT2D eigenvalue weighted by Gasteiger charge is 2.30. The number of likely N-dealkylation sites (tertiary alicyclic amines) is 1. The quantitative estimate of drug-likeness (QED) is 0.682. The molecule has 1 fully saturated rings. The second kappa shape index (κ2) is 6.45. The average Bonchev–Trinajstić information content (AvgIpc) is 2.90. The Morgan fingerprint density at radius 1 is 1.26 bits per heavy atom. The molecular weight excluding hydrogens is 348 g/mol. The van der Waals surface area contributed by atoms with Gasteiger partial charge in [-0.25, -0.2) is 18.1 Å². The van der Waals surface area contributed by atoms with Gasteiger partial charge >= 0.3 is 6.09 Å². The lowest BCUT2D eigenvalue weighted by atomic mass is 10.4. The van der Waals surface area contributed by atoms with Gasteiger partial charge in [0, 0.05) is 19.2 Å². The summed E-state index contributed by atoms with van der Waals surface area (Å²) in [6, 6.07) is 5.22. The molecule has 1 heterocycles. The van der Waals surface area contributed by atoms with Gasteiger partial charge in [-0.1, -0.05) is 22.9 Å². The lowest BCUT2D eigenvalue weighted by molar-refractivity contribution is -0.126. The predicted molar refractivity (Wildman–Crippen MR) is 81.2 cm³/mol. The molecule has 0 bridgehead atoms. The van der Waals surface area contributed by atoms with Crippen LogP contribution in [0.15, 0.2) is 34.1 Å². The van der Waals surface area contributed by atoms with Gasteiger partial charge in [-0.15, -0.1) is 0 Å². The lowest BCUT2D eigenvalue weighted by Crippen LogP contribution is -2.37. The van der Waals surface area contributed by atoms with Crippen LogP contribution in [0.25, 0.3) is 0 Å². The number of sulfone groups is 1. The van der Waals surface area contributed by atoms with E-state index < -0.39 is 32.6 Å². The van der Waals surface area contributed by atoms with Crippen LogP contribution in [0.5, 0.6) is 0 Å². The van der Waals surface area contributed by atoms with Crippen LogP contribution in [0, 0.1) is 0 Å². The third-order valence-corrected chi connectivity index (χ3v) is 5.66. The summed E-state index contributed by atoms with van der Waals surface area (Å²) in [5.41, 5.74) is 0. The first-order valence-electron chi connectivity index (χ1n) is 6.48. The fourth-order valence-electron chi connectivity index (χ4n) is 2.03. The summed E-state index contributed by atoms with van der Waals surface area (Å²) < 4.78 is 43.5. The molecule has 0 atom stereocenters. The molecule has 1 aromatic rings. The van der Waals surface area contributed by atoms with Gasteiger partial charge in [-0.3, -0.25) is 13.9 Å². The van der Waals surface area contributed by atoms with Crippen LogP contribution >= 0.6 is 10.8 Å². The third-order valence-electron chi connectivity index (χ3n) is 3.09. The molecule has 1 saturated heterocycles. The Hall–Kier alpha value is -1.66. The van der Waals surface area contributed by atoms with Gasteiger partial charge in [0.15, 0.2) is 9.84 Å². The highest BCUT2D eigenvalue weighted by Crippen LogP contribution is 2.47. The number of nitrogens with one attached hydrogen (secondary N) is 1. The number of benzene rings is 1.